The molecular weight excluding hydrogens is 404 g/mol. The molecule has 0 bridgehead atoms. The van der Waals surface area contributed by atoms with Crippen LogP contribution >= 0.6 is 0 Å². The fourth-order valence-corrected chi connectivity index (χ4v) is 5.36. The number of fused-ring (bicyclic) bond motifs is 1. The SMILES string of the molecule is COc1cc(C)c2[nH]ccc2c1CN1CC[C@H](C2COC2)C[C@H]1c1ccc(C(=O)O)cc1. The number of aromatic nitrogens is 1. The van der Waals surface area contributed by atoms with E-state index in [-0.39, 0.29) is 6.04 Å². The number of carboxylic acids is 1. The first-order valence-corrected chi connectivity index (χ1v) is 11.3. The minimum absolute atomic E-state index is 0.234. The van der Waals surface area contributed by atoms with Gasteiger partial charge in [-0.3, -0.25) is 4.90 Å². The molecular formula is C26H30N2O4. The van der Waals surface area contributed by atoms with Crippen LogP contribution in [-0.4, -0.2) is 47.8 Å². The van der Waals surface area contributed by atoms with Crippen molar-refractivity contribution < 1.29 is 19.4 Å². The van der Waals surface area contributed by atoms with Crippen LogP contribution in [0.1, 0.15) is 45.9 Å². The van der Waals surface area contributed by atoms with E-state index in [0.29, 0.717) is 17.4 Å². The molecule has 168 valence electrons. The second-order valence-corrected chi connectivity index (χ2v) is 9.14. The first kappa shape index (κ1) is 21.0. The Morgan fingerprint density at radius 3 is 2.66 bits per heavy atom. The number of hydrogen-bond donors (Lipinski definition) is 2. The third-order valence-corrected chi connectivity index (χ3v) is 7.32. The summed E-state index contributed by atoms with van der Waals surface area (Å²) in [5.74, 6) is 1.31. The molecule has 3 heterocycles. The summed E-state index contributed by atoms with van der Waals surface area (Å²) < 4.78 is 11.3. The summed E-state index contributed by atoms with van der Waals surface area (Å²) in [4.78, 5) is 17.2. The highest BCUT2D eigenvalue weighted by atomic mass is 16.5. The Morgan fingerprint density at radius 2 is 2.00 bits per heavy atom. The number of likely N-dealkylation sites (tertiary alicyclic amines) is 1. The van der Waals surface area contributed by atoms with Crippen molar-refractivity contribution in [3.63, 3.8) is 0 Å². The zero-order valence-corrected chi connectivity index (χ0v) is 18.6. The lowest BCUT2D eigenvalue weighted by Gasteiger charge is -2.44. The van der Waals surface area contributed by atoms with E-state index < -0.39 is 5.97 Å². The summed E-state index contributed by atoms with van der Waals surface area (Å²) in [7, 11) is 1.74. The fraction of sp³-hybridized carbons (Fsp3) is 0.423. The summed E-state index contributed by atoms with van der Waals surface area (Å²) >= 11 is 0. The van der Waals surface area contributed by atoms with E-state index in [4.69, 9.17) is 9.47 Å². The molecule has 3 aromatic rings. The Balaban J connectivity index is 1.49. The summed E-state index contributed by atoms with van der Waals surface area (Å²) in [6, 6.07) is 11.9. The van der Waals surface area contributed by atoms with Gasteiger partial charge in [-0.2, -0.15) is 0 Å². The summed E-state index contributed by atoms with van der Waals surface area (Å²) in [6.07, 6.45) is 4.21. The number of ether oxygens (including phenoxy) is 2. The van der Waals surface area contributed by atoms with Crippen molar-refractivity contribution in [2.45, 2.75) is 32.4 Å². The summed E-state index contributed by atoms with van der Waals surface area (Å²) in [5, 5.41) is 10.5. The van der Waals surface area contributed by atoms with Crippen LogP contribution in [0.15, 0.2) is 42.6 Å². The zero-order valence-electron chi connectivity index (χ0n) is 18.6. The van der Waals surface area contributed by atoms with Crippen molar-refractivity contribution in [2.75, 3.05) is 26.9 Å². The lowest BCUT2D eigenvalue weighted by molar-refractivity contribution is -0.0800. The molecule has 0 spiro atoms. The number of benzene rings is 2. The topological polar surface area (TPSA) is 74.8 Å². The third kappa shape index (κ3) is 3.78. The van der Waals surface area contributed by atoms with Gasteiger partial charge >= 0.3 is 5.97 Å². The van der Waals surface area contributed by atoms with Crippen LogP contribution in [0.25, 0.3) is 10.9 Å². The van der Waals surface area contributed by atoms with Crippen LogP contribution in [0.5, 0.6) is 5.75 Å². The quantitative estimate of drug-likeness (QED) is 0.584. The van der Waals surface area contributed by atoms with E-state index in [2.05, 4.69) is 28.9 Å². The Bertz CT molecular complexity index is 1120. The maximum Gasteiger partial charge on any atom is 0.335 e. The van der Waals surface area contributed by atoms with E-state index in [0.717, 1.165) is 50.4 Å². The van der Waals surface area contributed by atoms with Crippen molar-refractivity contribution in [1.82, 2.24) is 9.88 Å². The molecule has 2 aliphatic heterocycles. The first-order chi connectivity index (χ1) is 15.5. The van der Waals surface area contributed by atoms with Crippen molar-refractivity contribution in [3.8, 4) is 5.75 Å². The van der Waals surface area contributed by atoms with E-state index in [9.17, 15) is 9.90 Å². The number of carbonyl (C=O) groups is 1. The lowest BCUT2D eigenvalue weighted by atomic mass is 9.78. The molecule has 2 saturated heterocycles. The summed E-state index contributed by atoms with van der Waals surface area (Å²) in [6.45, 7) is 5.62. The van der Waals surface area contributed by atoms with E-state index in [1.165, 1.54) is 22.1 Å². The fourth-order valence-electron chi connectivity index (χ4n) is 5.36. The average Bonchev–Trinajstić information content (AvgIpc) is 3.26. The number of aromatic amines is 1. The van der Waals surface area contributed by atoms with Gasteiger partial charge in [-0.05, 0) is 67.6 Å². The van der Waals surface area contributed by atoms with Gasteiger partial charge < -0.3 is 19.6 Å². The Hall–Kier alpha value is -2.83. The second-order valence-electron chi connectivity index (χ2n) is 9.14. The third-order valence-electron chi connectivity index (χ3n) is 7.32. The predicted molar refractivity (Wildman–Crippen MR) is 123 cm³/mol. The van der Waals surface area contributed by atoms with E-state index in [1.807, 2.05) is 18.3 Å². The smallest absolute Gasteiger partial charge is 0.335 e. The predicted octanol–water partition coefficient (Wildman–Crippen LogP) is 4.78. The van der Waals surface area contributed by atoms with Gasteiger partial charge in [-0.25, -0.2) is 4.79 Å². The molecule has 2 fully saturated rings. The number of aryl methyl sites for hydroxylation is 1. The number of methoxy groups -OCH3 is 1. The maximum absolute atomic E-state index is 11.3. The van der Waals surface area contributed by atoms with Gasteiger partial charge in [-0.15, -0.1) is 0 Å². The number of hydrogen-bond acceptors (Lipinski definition) is 4. The molecule has 0 saturated carbocycles. The van der Waals surface area contributed by atoms with Gasteiger partial charge in [0, 0.05) is 41.2 Å². The van der Waals surface area contributed by atoms with Gasteiger partial charge in [-0.1, -0.05) is 12.1 Å². The van der Waals surface area contributed by atoms with Crippen molar-refractivity contribution >= 4 is 16.9 Å². The maximum atomic E-state index is 11.3. The van der Waals surface area contributed by atoms with Crippen LogP contribution in [0.4, 0.5) is 0 Å². The number of carboxylic acid groups (broad SMARTS) is 1. The van der Waals surface area contributed by atoms with Crippen LogP contribution in [-0.2, 0) is 11.3 Å². The molecule has 32 heavy (non-hydrogen) atoms. The number of nitrogens with one attached hydrogen (secondary N) is 1. The standard InChI is InChI=1S/C26H30N2O4/c1-16-11-24(31-2)22(21-7-9-27-25(16)21)13-28-10-8-19(20-14-32-15-20)12-23(28)17-3-5-18(6-4-17)26(29)30/h3-7,9,11,19-20,23,27H,8,10,12-15H2,1-2H3,(H,29,30)/t19-,23-/m0/s1. The number of rotatable bonds is 6. The molecule has 0 unspecified atom stereocenters. The molecule has 5 rings (SSSR count). The number of piperidine rings is 1. The summed E-state index contributed by atoms with van der Waals surface area (Å²) in [5.41, 5.74) is 5.04. The number of aromatic carboxylic acids is 1. The highest BCUT2D eigenvalue weighted by Gasteiger charge is 2.37. The molecule has 6 heteroatoms. The van der Waals surface area contributed by atoms with E-state index >= 15 is 0 Å². The molecule has 2 atom stereocenters. The molecule has 2 aromatic carbocycles. The van der Waals surface area contributed by atoms with Crippen LogP contribution < -0.4 is 4.74 Å². The van der Waals surface area contributed by atoms with Gasteiger partial charge in [0.05, 0.1) is 25.9 Å². The van der Waals surface area contributed by atoms with E-state index in [1.54, 1.807) is 19.2 Å². The molecule has 0 aliphatic carbocycles. The van der Waals surface area contributed by atoms with Crippen LogP contribution in [0.3, 0.4) is 0 Å². The first-order valence-electron chi connectivity index (χ1n) is 11.3. The molecule has 0 amide bonds. The Labute approximate surface area is 188 Å². The van der Waals surface area contributed by atoms with Gasteiger partial charge in [0.25, 0.3) is 0 Å². The normalized spacial score (nSPS) is 22.1. The highest BCUT2D eigenvalue weighted by Crippen LogP contribution is 2.42. The van der Waals surface area contributed by atoms with Gasteiger partial charge in [0.2, 0.25) is 0 Å². The molecule has 2 N–H and O–H groups in total. The minimum Gasteiger partial charge on any atom is -0.496 e. The van der Waals surface area contributed by atoms with Gasteiger partial charge in [0.15, 0.2) is 0 Å². The Kier molecular flexibility index (Phi) is 5.66. The second kappa shape index (κ2) is 8.60. The van der Waals surface area contributed by atoms with Crippen LogP contribution in [0, 0.1) is 18.8 Å². The van der Waals surface area contributed by atoms with Gasteiger partial charge in [0.1, 0.15) is 5.75 Å². The monoisotopic (exact) mass is 434 g/mol. The lowest BCUT2D eigenvalue weighted by Crippen LogP contribution is -2.43. The number of H-pyrrole nitrogens is 1. The van der Waals surface area contributed by atoms with Crippen molar-refractivity contribution in [3.05, 3.63) is 64.8 Å². The Morgan fingerprint density at radius 1 is 1.22 bits per heavy atom. The molecule has 2 aliphatic rings. The minimum atomic E-state index is -0.888. The molecule has 0 radical (unpaired) electrons. The molecule has 1 aromatic heterocycles. The molecule has 6 nitrogen and oxygen atoms in total. The number of nitrogens with zero attached hydrogens (tertiary/aromatic N) is 1. The van der Waals surface area contributed by atoms with Crippen molar-refractivity contribution in [2.24, 2.45) is 11.8 Å². The average molecular weight is 435 g/mol. The van der Waals surface area contributed by atoms with Crippen molar-refractivity contribution in [1.29, 1.82) is 0 Å². The zero-order chi connectivity index (χ0) is 22.2. The van der Waals surface area contributed by atoms with Crippen LogP contribution in [0.2, 0.25) is 0 Å². The largest absolute Gasteiger partial charge is 0.496 e. The highest BCUT2D eigenvalue weighted by molar-refractivity contribution is 5.88.